The van der Waals surface area contributed by atoms with E-state index in [9.17, 15) is 14.4 Å². The number of benzene rings is 2. The number of aromatic nitrogens is 1. The second-order valence-electron chi connectivity index (χ2n) is 7.59. The number of rotatable bonds is 8. The van der Waals surface area contributed by atoms with Gasteiger partial charge in [0.05, 0.1) is 18.7 Å². The molecule has 1 aliphatic heterocycles. The predicted molar refractivity (Wildman–Crippen MR) is 125 cm³/mol. The summed E-state index contributed by atoms with van der Waals surface area (Å²) in [6.07, 6.45) is -1.18. The van der Waals surface area contributed by atoms with E-state index in [1.54, 1.807) is 0 Å². The molecule has 4 amide bonds. The highest BCUT2D eigenvalue weighted by molar-refractivity contribution is 7.14. The Hall–Kier alpha value is -3.92. The normalized spacial score (nSPS) is 16.0. The molecule has 2 aromatic carbocycles. The van der Waals surface area contributed by atoms with Gasteiger partial charge in [0.25, 0.3) is 0 Å². The topological polar surface area (TPSA) is 115 Å². The van der Waals surface area contributed by atoms with E-state index >= 15 is 0 Å². The first-order chi connectivity index (χ1) is 15.9. The molecular weight excluding hydrogens is 442 g/mol. The standard InChI is InChI=1S/C23H23N5O4S/c1-15-7-9-16(10-8-15)13-28-20(26-22(31)27(23(28)32)12-11-19(29)30)25-21-24-18(14-33-21)17-5-3-2-4-6-17/h2-10,14,20H,11-13H2,1H3,(H,24,25)(H,26,31)(H,29,30). The summed E-state index contributed by atoms with van der Waals surface area (Å²) in [5.74, 6) is -1.09. The Morgan fingerprint density at radius 3 is 2.58 bits per heavy atom. The summed E-state index contributed by atoms with van der Waals surface area (Å²) in [5, 5.41) is 17.3. The van der Waals surface area contributed by atoms with Crippen molar-refractivity contribution in [1.29, 1.82) is 0 Å². The molecule has 170 valence electrons. The molecule has 33 heavy (non-hydrogen) atoms. The van der Waals surface area contributed by atoms with E-state index in [-0.39, 0.29) is 19.5 Å². The fourth-order valence-corrected chi connectivity index (χ4v) is 4.13. The first kappa shape index (κ1) is 22.3. The maximum absolute atomic E-state index is 13.2. The molecule has 4 rings (SSSR count). The third kappa shape index (κ3) is 5.29. The molecule has 3 N–H and O–H groups in total. The van der Waals surface area contributed by atoms with Crippen LogP contribution in [0, 0.1) is 6.92 Å². The molecule has 1 unspecified atom stereocenters. The van der Waals surface area contributed by atoms with Crippen molar-refractivity contribution < 1.29 is 19.5 Å². The zero-order valence-corrected chi connectivity index (χ0v) is 18.7. The highest BCUT2D eigenvalue weighted by atomic mass is 32.1. The van der Waals surface area contributed by atoms with Crippen molar-refractivity contribution in [2.45, 2.75) is 26.2 Å². The molecule has 3 aromatic rings. The van der Waals surface area contributed by atoms with Gasteiger partial charge in [-0.1, -0.05) is 60.2 Å². The van der Waals surface area contributed by atoms with Gasteiger partial charge < -0.3 is 10.4 Å². The van der Waals surface area contributed by atoms with Crippen LogP contribution in [0.25, 0.3) is 11.3 Å². The highest BCUT2D eigenvalue weighted by Gasteiger charge is 2.38. The summed E-state index contributed by atoms with van der Waals surface area (Å²) in [6.45, 7) is 1.98. The summed E-state index contributed by atoms with van der Waals surface area (Å²) in [5.41, 5.74) is 3.71. The van der Waals surface area contributed by atoms with Gasteiger partial charge in [-0.25, -0.2) is 19.5 Å². The van der Waals surface area contributed by atoms with Crippen LogP contribution >= 0.6 is 11.3 Å². The predicted octanol–water partition coefficient (Wildman–Crippen LogP) is 3.94. The molecule has 2 heterocycles. The Labute approximate surface area is 194 Å². The molecular formula is C23H23N5O4S. The molecule has 1 fully saturated rings. The van der Waals surface area contributed by atoms with Crippen LogP contribution in [0.4, 0.5) is 14.7 Å². The maximum Gasteiger partial charge on any atom is 0.331 e. The van der Waals surface area contributed by atoms with E-state index in [0.29, 0.717) is 5.13 Å². The number of thiazole rings is 1. The van der Waals surface area contributed by atoms with Gasteiger partial charge in [0.1, 0.15) is 0 Å². The van der Waals surface area contributed by atoms with Crippen LogP contribution < -0.4 is 10.6 Å². The van der Waals surface area contributed by atoms with Crippen molar-refractivity contribution in [2.24, 2.45) is 0 Å². The van der Waals surface area contributed by atoms with E-state index in [2.05, 4.69) is 15.6 Å². The minimum Gasteiger partial charge on any atom is -0.481 e. The first-order valence-corrected chi connectivity index (χ1v) is 11.2. The average Bonchev–Trinajstić information content (AvgIpc) is 3.26. The van der Waals surface area contributed by atoms with Crippen LogP contribution in [0.1, 0.15) is 17.5 Å². The molecule has 0 saturated carbocycles. The maximum atomic E-state index is 13.2. The molecule has 1 saturated heterocycles. The van der Waals surface area contributed by atoms with Gasteiger partial charge in [-0.15, -0.1) is 11.3 Å². The van der Waals surface area contributed by atoms with Crippen LogP contribution in [-0.2, 0) is 11.3 Å². The van der Waals surface area contributed by atoms with Crippen LogP contribution in [0.2, 0.25) is 0 Å². The number of hydrogen-bond donors (Lipinski definition) is 3. The number of nitrogens with zero attached hydrogens (tertiary/aromatic N) is 3. The number of nitrogens with one attached hydrogen (secondary N) is 2. The number of anilines is 1. The number of hydrogen-bond acceptors (Lipinski definition) is 6. The zero-order valence-electron chi connectivity index (χ0n) is 17.9. The number of urea groups is 2. The number of imide groups is 1. The second kappa shape index (κ2) is 9.70. The van der Waals surface area contributed by atoms with Crippen molar-refractivity contribution in [3.05, 3.63) is 71.1 Å². The molecule has 1 atom stereocenters. The lowest BCUT2D eigenvalue weighted by Gasteiger charge is -2.40. The van der Waals surface area contributed by atoms with Crippen molar-refractivity contribution in [3.8, 4) is 11.3 Å². The fourth-order valence-electron chi connectivity index (χ4n) is 3.39. The van der Waals surface area contributed by atoms with E-state index in [0.717, 1.165) is 27.3 Å². The van der Waals surface area contributed by atoms with Gasteiger partial charge in [-0.05, 0) is 12.5 Å². The Morgan fingerprint density at radius 1 is 1.15 bits per heavy atom. The number of carboxylic acids is 1. The van der Waals surface area contributed by atoms with Crippen molar-refractivity contribution >= 4 is 34.5 Å². The lowest BCUT2D eigenvalue weighted by molar-refractivity contribution is -0.137. The smallest absolute Gasteiger partial charge is 0.331 e. The van der Waals surface area contributed by atoms with E-state index in [4.69, 9.17) is 5.11 Å². The van der Waals surface area contributed by atoms with Crippen LogP contribution in [0.15, 0.2) is 60.0 Å². The molecule has 1 aliphatic rings. The Morgan fingerprint density at radius 2 is 1.88 bits per heavy atom. The fraction of sp³-hybridized carbons (Fsp3) is 0.217. The molecule has 1 aromatic heterocycles. The summed E-state index contributed by atoms with van der Waals surface area (Å²) in [4.78, 5) is 43.7. The van der Waals surface area contributed by atoms with Gasteiger partial charge in [0.15, 0.2) is 11.4 Å². The van der Waals surface area contributed by atoms with Gasteiger partial charge in [-0.2, -0.15) is 0 Å². The zero-order chi connectivity index (χ0) is 23.4. The third-order valence-electron chi connectivity index (χ3n) is 5.15. The molecule has 0 radical (unpaired) electrons. The Kier molecular flexibility index (Phi) is 6.55. The summed E-state index contributed by atoms with van der Waals surface area (Å²) < 4.78 is 0. The molecule has 0 bridgehead atoms. The number of amides is 4. The molecule has 0 aliphatic carbocycles. The summed E-state index contributed by atoms with van der Waals surface area (Å²) in [7, 11) is 0. The number of carbonyl (C=O) groups excluding carboxylic acids is 2. The third-order valence-corrected chi connectivity index (χ3v) is 5.92. The minimum atomic E-state index is -1.09. The number of aliphatic carboxylic acids is 1. The lowest BCUT2D eigenvalue weighted by atomic mass is 10.1. The average molecular weight is 466 g/mol. The van der Waals surface area contributed by atoms with E-state index in [1.807, 2.05) is 66.9 Å². The van der Waals surface area contributed by atoms with Crippen molar-refractivity contribution in [1.82, 2.24) is 20.1 Å². The molecule has 9 nitrogen and oxygen atoms in total. The van der Waals surface area contributed by atoms with Gasteiger partial charge in [-0.3, -0.25) is 15.0 Å². The summed E-state index contributed by atoms with van der Waals surface area (Å²) in [6, 6.07) is 16.2. The minimum absolute atomic E-state index is 0.216. The van der Waals surface area contributed by atoms with E-state index < -0.39 is 24.3 Å². The van der Waals surface area contributed by atoms with Gasteiger partial charge >= 0.3 is 18.0 Å². The first-order valence-electron chi connectivity index (χ1n) is 10.3. The monoisotopic (exact) mass is 465 g/mol. The second-order valence-corrected chi connectivity index (χ2v) is 8.45. The summed E-state index contributed by atoms with van der Waals surface area (Å²) >= 11 is 1.36. The molecule has 0 spiro atoms. The number of carbonyl (C=O) groups is 3. The van der Waals surface area contributed by atoms with Crippen LogP contribution in [0.5, 0.6) is 0 Å². The quantitative estimate of drug-likeness (QED) is 0.464. The largest absolute Gasteiger partial charge is 0.481 e. The Bertz CT molecular complexity index is 1150. The SMILES string of the molecule is Cc1ccc(CN2C(=O)N(CCC(=O)O)C(=O)NC2Nc2nc(-c3ccccc3)cs2)cc1. The van der Waals surface area contributed by atoms with Crippen molar-refractivity contribution in [3.63, 3.8) is 0 Å². The Balaban J connectivity index is 1.57. The van der Waals surface area contributed by atoms with Crippen LogP contribution in [0.3, 0.4) is 0 Å². The van der Waals surface area contributed by atoms with Crippen molar-refractivity contribution in [2.75, 3.05) is 11.9 Å². The van der Waals surface area contributed by atoms with Gasteiger partial charge in [0.2, 0.25) is 0 Å². The van der Waals surface area contributed by atoms with Gasteiger partial charge in [0, 0.05) is 17.5 Å². The lowest BCUT2D eigenvalue weighted by Crippen LogP contribution is -2.67. The highest BCUT2D eigenvalue weighted by Crippen LogP contribution is 2.26. The number of carboxylic acid groups (broad SMARTS) is 1. The molecule has 10 heteroatoms. The number of aryl methyl sites for hydroxylation is 1. The van der Waals surface area contributed by atoms with Crippen LogP contribution in [-0.4, -0.2) is 50.8 Å². The van der Waals surface area contributed by atoms with E-state index in [1.165, 1.54) is 16.2 Å².